The number of aromatic nitrogens is 1. The molecule has 26 heavy (non-hydrogen) atoms. The number of fused-ring (bicyclic) bond motifs is 1. The van der Waals surface area contributed by atoms with E-state index in [1.807, 2.05) is 31.2 Å². The van der Waals surface area contributed by atoms with E-state index in [4.69, 9.17) is 4.98 Å². The van der Waals surface area contributed by atoms with Crippen molar-refractivity contribution in [3.05, 3.63) is 41.1 Å². The van der Waals surface area contributed by atoms with Gasteiger partial charge in [0.05, 0.1) is 23.5 Å². The zero-order valence-corrected chi connectivity index (χ0v) is 15.6. The van der Waals surface area contributed by atoms with E-state index in [-0.39, 0.29) is 18.4 Å². The lowest BCUT2D eigenvalue weighted by Crippen LogP contribution is -2.47. The fourth-order valence-electron chi connectivity index (χ4n) is 3.57. The van der Waals surface area contributed by atoms with Gasteiger partial charge in [-0.15, -0.1) is 0 Å². The molecule has 5 nitrogen and oxygen atoms in total. The zero-order valence-electron chi connectivity index (χ0n) is 14.8. The van der Waals surface area contributed by atoms with Crippen LogP contribution in [-0.4, -0.2) is 51.0 Å². The molecule has 1 amide bonds. The quantitative estimate of drug-likeness (QED) is 0.893. The van der Waals surface area contributed by atoms with Crippen LogP contribution in [-0.2, 0) is 4.79 Å². The highest BCUT2D eigenvalue weighted by Gasteiger charge is 2.32. The molecule has 1 atom stereocenters. The van der Waals surface area contributed by atoms with Gasteiger partial charge in [0, 0.05) is 35.0 Å². The molecule has 0 spiro atoms. The van der Waals surface area contributed by atoms with Crippen molar-refractivity contribution in [3.63, 3.8) is 0 Å². The van der Waals surface area contributed by atoms with Gasteiger partial charge in [0.15, 0.2) is 0 Å². The normalized spacial score (nSPS) is 20.3. The van der Waals surface area contributed by atoms with Crippen LogP contribution in [0.4, 0.5) is 0 Å². The lowest BCUT2D eigenvalue weighted by molar-refractivity contribution is -0.138. The van der Waals surface area contributed by atoms with Crippen LogP contribution in [0.25, 0.3) is 10.9 Å². The molecule has 1 aromatic carbocycles. The molecule has 1 aliphatic heterocycles. The van der Waals surface area contributed by atoms with Gasteiger partial charge < -0.3 is 10.0 Å². The van der Waals surface area contributed by atoms with Gasteiger partial charge >= 0.3 is 5.97 Å². The summed E-state index contributed by atoms with van der Waals surface area (Å²) in [6, 6.07) is 7.70. The molecule has 1 aliphatic carbocycles. The molecule has 4 rings (SSSR count). The van der Waals surface area contributed by atoms with Gasteiger partial charge in [-0.3, -0.25) is 14.6 Å². The Bertz CT molecular complexity index is 879. The van der Waals surface area contributed by atoms with Gasteiger partial charge in [-0.25, -0.2) is 0 Å². The van der Waals surface area contributed by atoms with E-state index in [9.17, 15) is 14.7 Å². The number of carboxylic acid groups (broad SMARTS) is 1. The lowest BCUT2D eigenvalue weighted by Gasteiger charge is -2.35. The van der Waals surface area contributed by atoms with E-state index in [2.05, 4.69) is 0 Å². The number of aliphatic carboxylic acids is 1. The maximum atomic E-state index is 13.4. The summed E-state index contributed by atoms with van der Waals surface area (Å²) in [5.41, 5.74) is 3.60. The molecule has 0 bridgehead atoms. The third-order valence-corrected chi connectivity index (χ3v) is 6.20. The Morgan fingerprint density at radius 1 is 1.31 bits per heavy atom. The SMILES string of the molecule is Cc1ccc2nc(C3CC3)cc(C(=O)N3CCSCC3CC(=O)O)c2c1. The van der Waals surface area contributed by atoms with Gasteiger partial charge in [0.2, 0.25) is 0 Å². The number of carbonyl (C=O) groups is 2. The van der Waals surface area contributed by atoms with Gasteiger partial charge in [-0.1, -0.05) is 11.6 Å². The van der Waals surface area contributed by atoms with Crippen LogP contribution in [0.15, 0.2) is 24.3 Å². The highest BCUT2D eigenvalue weighted by Crippen LogP contribution is 2.40. The summed E-state index contributed by atoms with van der Waals surface area (Å²) < 4.78 is 0. The summed E-state index contributed by atoms with van der Waals surface area (Å²) in [7, 11) is 0. The predicted molar refractivity (Wildman–Crippen MR) is 103 cm³/mol. The Kier molecular flexibility index (Phi) is 4.61. The van der Waals surface area contributed by atoms with Crippen LogP contribution in [0.5, 0.6) is 0 Å². The number of amides is 1. The zero-order chi connectivity index (χ0) is 18.3. The van der Waals surface area contributed by atoms with Crippen molar-refractivity contribution < 1.29 is 14.7 Å². The summed E-state index contributed by atoms with van der Waals surface area (Å²) in [5, 5.41) is 10.1. The molecule has 1 saturated heterocycles. The molecule has 1 aromatic heterocycles. The largest absolute Gasteiger partial charge is 0.481 e. The average Bonchev–Trinajstić information content (AvgIpc) is 3.45. The second-order valence-corrected chi connectivity index (χ2v) is 8.36. The number of carbonyl (C=O) groups excluding carboxylic acids is 1. The smallest absolute Gasteiger partial charge is 0.305 e. The Morgan fingerprint density at radius 2 is 2.12 bits per heavy atom. The predicted octanol–water partition coefficient (Wildman–Crippen LogP) is 3.45. The molecule has 1 unspecified atom stereocenters. The second-order valence-electron chi connectivity index (χ2n) is 7.21. The van der Waals surface area contributed by atoms with Crippen molar-refractivity contribution >= 4 is 34.5 Å². The fraction of sp³-hybridized carbons (Fsp3) is 0.450. The van der Waals surface area contributed by atoms with Crippen molar-refractivity contribution in [3.8, 4) is 0 Å². The summed E-state index contributed by atoms with van der Waals surface area (Å²) in [6.07, 6.45) is 2.25. The van der Waals surface area contributed by atoms with E-state index < -0.39 is 5.97 Å². The number of thioether (sulfide) groups is 1. The summed E-state index contributed by atoms with van der Waals surface area (Å²) >= 11 is 1.72. The number of nitrogens with zero attached hydrogens (tertiary/aromatic N) is 2. The number of hydrogen-bond acceptors (Lipinski definition) is 4. The Morgan fingerprint density at radius 3 is 2.85 bits per heavy atom. The van der Waals surface area contributed by atoms with Crippen LogP contribution in [0.1, 0.15) is 46.8 Å². The molecule has 2 heterocycles. The van der Waals surface area contributed by atoms with Crippen LogP contribution in [0, 0.1) is 6.92 Å². The first kappa shape index (κ1) is 17.3. The molecule has 2 aromatic rings. The lowest BCUT2D eigenvalue weighted by atomic mass is 10.0. The molecule has 0 radical (unpaired) electrons. The number of carboxylic acids is 1. The fourth-order valence-corrected chi connectivity index (χ4v) is 4.64. The molecule has 6 heteroatoms. The van der Waals surface area contributed by atoms with E-state index >= 15 is 0 Å². The van der Waals surface area contributed by atoms with Crippen LogP contribution in [0.3, 0.4) is 0 Å². The van der Waals surface area contributed by atoms with Crippen molar-refractivity contribution in [2.24, 2.45) is 0 Å². The Hall–Kier alpha value is -2.08. The van der Waals surface area contributed by atoms with Crippen molar-refractivity contribution in [2.45, 2.75) is 38.1 Å². The summed E-state index contributed by atoms with van der Waals surface area (Å²) in [6.45, 7) is 2.60. The van der Waals surface area contributed by atoms with Gasteiger partial charge in [0.1, 0.15) is 0 Å². The van der Waals surface area contributed by atoms with Crippen LogP contribution in [0.2, 0.25) is 0 Å². The van der Waals surface area contributed by atoms with Gasteiger partial charge in [-0.05, 0) is 38.0 Å². The average molecular weight is 370 g/mol. The Balaban J connectivity index is 1.77. The van der Waals surface area contributed by atoms with Gasteiger partial charge in [0.25, 0.3) is 5.91 Å². The van der Waals surface area contributed by atoms with Crippen LogP contribution >= 0.6 is 11.8 Å². The summed E-state index contributed by atoms with van der Waals surface area (Å²) in [4.78, 5) is 31.2. The molecule has 2 aliphatic rings. The number of hydrogen-bond donors (Lipinski definition) is 1. The highest BCUT2D eigenvalue weighted by molar-refractivity contribution is 7.99. The standard InChI is InChI=1S/C20H22N2O3S/c1-12-2-5-17-15(8-12)16(10-18(21-17)13-3-4-13)20(25)22-6-7-26-11-14(22)9-19(23)24/h2,5,8,10,13-14H,3-4,6-7,9,11H2,1H3,(H,23,24). The molecule has 1 saturated carbocycles. The molecule has 136 valence electrons. The molecular formula is C20H22N2O3S. The van der Waals surface area contributed by atoms with E-state index in [0.29, 0.717) is 23.8 Å². The first-order valence-corrected chi connectivity index (χ1v) is 10.2. The van der Waals surface area contributed by atoms with Crippen molar-refractivity contribution in [2.75, 3.05) is 18.1 Å². The third-order valence-electron chi connectivity index (χ3n) is 5.11. The van der Waals surface area contributed by atoms with Crippen LogP contribution < -0.4 is 0 Å². The van der Waals surface area contributed by atoms with Crippen molar-refractivity contribution in [1.29, 1.82) is 0 Å². The van der Waals surface area contributed by atoms with E-state index in [1.54, 1.807) is 16.7 Å². The minimum absolute atomic E-state index is 0.00370. The van der Waals surface area contributed by atoms with Gasteiger partial charge in [-0.2, -0.15) is 11.8 Å². The van der Waals surface area contributed by atoms with Crippen molar-refractivity contribution in [1.82, 2.24) is 9.88 Å². The molecular weight excluding hydrogens is 348 g/mol. The van der Waals surface area contributed by atoms with E-state index in [0.717, 1.165) is 40.8 Å². The number of rotatable bonds is 4. The molecule has 1 N–H and O–H groups in total. The topological polar surface area (TPSA) is 70.5 Å². The number of benzene rings is 1. The third kappa shape index (κ3) is 3.43. The first-order valence-electron chi connectivity index (χ1n) is 9.05. The number of pyridine rings is 1. The Labute approximate surface area is 156 Å². The minimum atomic E-state index is -0.857. The molecule has 2 fully saturated rings. The number of aryl methyl sites for hydroxylation is 1. The first-order chi connectivity index (χ1) is 12.5. The second kappa shape index (κ2) is 6.91. The highest BCUT2D eigenvalue weighted by atomic mass is 32.2. The maximum Gasteiger partial charge on any atom is 0.305 e. The monoisotopic (exact) mass is 370 g/mol. The minimum Gasteiger partial charge on any atom is -0.481 e. The summed E-state index contributed by atoms with van der Waals surface area (Å²) in [5.74, 6) is 1.06. The van der Waals surface area contributed by atoms with E-state index in [1.165, 1.54) is 0 Å². The maximum absolute atomic E-state index is 13.4.